The second kappa shape index (κ2) is 11.2. The van der Waals surface area contributed by atoms with Crippen molar-refractivity contribution in [2.75, 3.05) is 0 Å². The third-order valence-corrected chi connectivity index (χ3v) is 5.22. The van der Waals surface area contributed by atoms with Gasteiger partial charge in [0.15, 0.2) is 0 Å². The SMILES string of the molecule is O=C(O)[C@H](CCCCc1ccccc1)N(Cc1ccccc1)Cc1ccccc1. The minimum atomic E-state index is -0.739. The molecule has 1 atom stereocenters. The quantitative estimate of drug-likeness (QED) is 0.438. The Morgan fingerprint density at radius 2 is 1.14 bits per heavy atom. The number of nitrogens with zero attached hydrogens (tertiary/aromatic N) is 1. The third-order valence-electron chi connectivity index (χ3n) is 5.22. The van der Waals surface area contributed by atoms with Gasteiger partial charge in [-0.05, 0) is 36.0 Å². The van der Waals surface area contributed by atoms with Gasteiger partial charge in [-0.25, -0.2) is 0 Å². The van der Waals surface area contributed by atoms with E-state index in [0.717, 1.165) is 30.4 Å². The molecule has 150 valence electrons. The highest BCUT2D eigenvalue weighted by Gasteiger charge is 2.25. The normalized spacial score (nSPS) is 12.0. The largest absolute Gasteiger partial charge is 0.480 e. The smallest absolute Gasteiger partial charge is 0.320 e. The first-order chi connectivity index (χ1) is 14.2. The van der Waals surface area contributed by atoms with Crippen LogP contribution in [0.4, 0.5) is 0 Å². The Morgan fingerprint density at radius 1 is 0.690 bits per heavy atom. The van der Waals surface area contributed by atoms with Gasteiger partial charge in [-0.1, -0.05) is 97.4 Å². The Hall–Kier alpha value is -2.91. The highest BCUT2D eigenvalue weighted by molar-refractivity contribution is 5.73. The Kier molecular flexibility index (Phi) is 8.02. The molecule has 0 aliphatic heterocycles. The molecule has 0 bridgehead atoms. The van der Waals surface area contributed by atoms with Crippen LogP contribution in [0.5, 0.6) is 0 Å². The van der Waals surface area contributed by atoms with Crippen LogP contribution < -0.4 is 0 Å². The van der Waals surface area contributed by atoms with Gasteiger partial charge in [-0.15, -0.1) is 0 Å². The molecule has 3 nitrogen and oxygen atoms in total. The molecular weight excluding hydrogens is 358 g/mol. The van der Waals surface area contributed by atoms with Crippen LogP contribution in [0.1, 0.15) is 36.0 Å². The zero-order valence-corrected chi connectivity index (χ0v) is 16.8. The molecule has 0 radical (unpaired) electrons. The van der Waals surface area contributed by atoms with Gasteiger partial charge in [0.05, 0.1) is 0 Å². The highest BCUT2D eigenvalue weighted by atomic mass is 16.4. The first-order valence-electron chi connectivity index (χ1n) is 10.3. The van der Waals surface area contributed by atoms with Gasteiger partial charge in [0, 0.05) is 13.1 Å². The molecule has 0 saturated carbocycles. The molecule has 0 spiro atoms. The molecule has 1 N–H and O–H groups in total. The van der Waals surface area contributed by atoms with Gasteiger partial charge in [0.2, 0.25) is 0 Å². The summed E-state index contributed by atoms with van der Waals surface area (Å²) in [7, 11) is 0. The van der Waals surface area contributed by atoms with Crippen molar-refractivity contribution in [1.82, 2.24) is 4.90 Å². The van der Waals surface area contributed by atoms with Crippen LogP contribution >= 0.6 is 0 Å². The predicted octanol–water partition coefficient (Wildman–Crippen LogP) is 5.56. The van der Waals surface area contributed by atoms with Gasteiger partial charge in [-0.3, -0.25) is 9.69 Å². The molecule has 0 aliphatic carbocycles. The second-order valence-corrected chi connectivity index (χ2v) is 7.46. The van der Waals surface area contributed by atoms with E-state index < -0.39 is 12.0 Å². The summed E-state index contributed by atoms with van der Waals surface area (Å²) in [6.45, 7) is 1.26. The summed E-state index contributed by atoms with van der Waals surface area (Å²) < 4.78 is 0. The predicted molar refractivity (Wildman–Crippen MR) is 118 cm³/mol. The summed E-state index contributed by atoms with van der Waals surface area (Å²) >= 11 is 0. The van der Waals surface area contributed by atoms with Gasteiger partial charge >= 0.3 is 5.97 Å². The minimum Gasteiger partial charge on any atom is -0.480 e. The Labute approximate surface area is 173 Å². The van der Waals surface area contributed by atoms with Gasteiger partial charge in [-0.2, -0.15) is 0 Å². The molecule has 0 unspecified atom stereocenters. The minimum absolute atomic E-state index is 0.494. The molecule has 3 aromatic carbocycles. The van der Waals surface area contributed by atoms with E-state index in [-0.39, 0.29) is 0 Å². The van der Waals surface area contributed by atoms with E-state index in [2.05, 4.69) is 53.4 Å². The Morgan fingerprint density at radius 3 is 1.59 bits per heavy atom. The van der Waals surface area contributed by atoms with Gasteiger partial charge < -0.3 is 5.11 Å². The summed E-state index contributed by atoms with van der Waals surface area (Å²) in [4.78, 5) is 14.2. The van der Waals surface area contributed by atoms with Crippen LogP contribution in [0, 0.1) is 0 Å². The molecule has 0 heterocycles. The lowest BCUT2D eigenvalue weighted by atomic mass is 10.0. The third kappa shape index (κ3) is 6.88. The number of unbranched alkanes of at least 4 members (excludes halogenated alkanes) is 1. The number of carboxylic acids is 1. The van der Waals surface area contributed by atoms with Crippen LogP contribution in [-0.4, -0.2) is 22.0 Å². The maximum atomic E-state index is 12.1. The van der Waals surface area contributed by atoms with Crippen LogP contribution in [0.3, 0.4) is 0 Å². The summed E-state index contributed by atoms with van der Waals surface area (Å²) in [6.07, 6.45) is 3.54. The first-order valence-corrected chi connectivity index (χ1v) is 10.3. The van der Waals surface area contributed by atoms with Crippen LogP contribution in [0.15, 0.2) is 91.0 Å². The Bertz CT molecular complexity index is 808. The number of carbonyl (C=O) groups is 1. The van der Waals surface area contributed by atoms with E-state index in [4.69, 9.17) is 0 Å². The molecule has 29 heavy (non-hydrogen) atoms. The molecule has 0 saturated heterocycles. The molecular formula is C26H29NO2. The molecule has 0 aromatic heterocycles. The summed E-state index contributed by atoms with van der Waals surface area (Å²) in [5.41, 5.74) is 3.59. The van der Waals surface area contributed by atoms with Crippen molar-refractivity contribution in [3.05, 3.63) is 108 Å². The Balaban J connectivity index is 1.66. The standard InChI is InChI=1S/C26H29NO2/c28-26(29)25(19-11-10-14-22-12-4-1-5-13-22)27(20-23-15-6-2-7-16-23)21-24-17-8-3-9-18-24/h1-9,12-13,15-18,25H,10-11,14,19-21H2,(H,28,29)/t25-/m0/s1. The summed E-state index contributed by atoms with van der Waals surface area (Å²) in [5.74, 6) is -0.739. The molecule has 3 aromatic rings. The number of rotatable bonds is 11. The average Bonchev–Trinajstić information content (AvgIpc) is 2.75. The maximum absolute atomic E-state index is 12.1. The van der Waals surface area contributed by atoms with E-state index in [0.29, 0.717) is 19.5 Å². The average molecular weight is 388 g/mol. The number of carboxylic acid groups (broad SMARTS) is 1. The van der Waals surface area contributed by atoms with Gasteiger partial charge in [0.25, 0.3) is 0 Å². The molecule has 0 aliphatic rings. The van der Waals surface area contributed by atoms with Crippen molar-refractivity contribution in [2.45, 2.75) is 44.8 Å². The van der Waals surface area contributed by atoms with Crippen molar-refractivity contribution >= 4 is 5.97 Å². The zero-order chi connectivity index (χ0) is 20.3. The van der Waals surface area contributed by atoms with Crippen molar-refractivity contribution in [2.24, 2.45) is 0 Å². The topological polar surface area (TPSA) is 40.5 Å². The fraction of sp³-hybridized carbons (Fsp3) is 0.269. The zero-order valence-electron chi connectivity index (χ0n) is 16.8. The van der Waals surface area contributed by atoms with E-state index in [1.54, 1.807) is 0 Å². The maximum Gasteiger partial charge on any atom is 0.320 e. The first kappa shape index (κ1) is 20.8. The summed E-state index contributed by atoms with van der Waals surface area (Å²) in [5, 5.41) is 9.97. The number of hydrogen-bond acceptors (Lipinski definition) is 2. The van der Waals surface area contributed by atoms with Crippen LogP contribution in [-0.2, 0) is 24.3 Å². The fourth-order valence-corrected chi connectivity index (χ4v) is 3.69. The fourth-order valence-electron chi connectivity index (χ4n) is 3.69. The number of benzene rings is 3. The van der Waals surface area contributed by atoms with Crippen molar-refractivity contribution < 1.29 is 9.90 Å². The highest BCUT2D eigenvalue weighted by Crippen LogP contribution is 2.18. The van der Waals surface area contributed by atoms with E-state index in [1.807, 2.05) is 42.5 Å². The lowest BCUT2D eigenvalue weighted by molar-refractivity contribution is -0.144. The van der Waals surface area contributed by atoms with E-state index in [1.165, 1.54) is 5.56 Å². The van der Waals surface area contributed by atoms with E-state index >= 15 is 0 Å². The number of aliphatic carboxylic acids is 1. The number of hydrogen-bond donors (Lipinski definition) is 1. The monoisotopic (exact) mass is 387 g/mol. The van der Waals surface area contributed by atoms with Crippen molar-refractivity contribution in [3.63, 3.8) is 0 Å². The van der Waals surface area contributed by atoms with Crippen LogP contribution in [0.25, 0.3) is 0 Å². The van der Waals surface area contributed by atoms with Crippen molar-refractivity contribution in [3.8, 4) is 0 Å². The van der Waals surface area contributed by atoms with E-state index in [9.17, 15) is 9.90 Å². The lowest BCUT2D eigenvalue weighted by Crippen LogP contribution is -2.40. The van der Waals surface area contributed by atoms with Gasteiger partial charge in [0.1, 0.15) is 6.04 Å². The molecule has 0 fully saturated rings. The number of aryl methyl sites for hydroxylation is 1. The molecule has 0 amide bonds. The van der Waals surface area contributed by atoms with Crippen molar-refractivity contribution in [1.29, 1.82) is 0 Å². The summed E-state index contributed by atoms with van der Waals surface area (Å²) in [6, 6.07) is 30.1. The second-order valence-electron chi connectivity index (χ2n) is 7.46. The molecule has 3 rings (SSSR count). The van der Waals surface area contributed by atoms with Crippen LogP contribution in [0.2, 0.25) is 0 Å². The lowest BCUT2D eigenvalue weighted by Gasteiger charge is -2.29. The molecule has 3 heteroatoms.